The van der Waals surface area contributed by atoms with Crippen LogP contribution in [0.5, 0.6) is 0 Å². The first-order chi connectivity index (χ1) is 7.91. The Balaban J connectivity index is 2.70. The van der Waals surface area contributed by atoms with E-state index in [1.54, 1.807) is 0 Å². The number of carbonyl (C=O) groups is 1. The maximum absolute atomic E-state index is 12.1. The summed E-state index contributed by atoms with van der Waals surface area (Å²) in [6.07, 6.45) is 2.93. The third-order valence-corrected chi connectivity index (χ3v) is 3.27. The van der Waals surface area contributed by atoms with E-state index in [1.807, 2.05) is 4.90 Å². The van der Waals surface area contributed by atoms with Gasteiger partial charge >= 0.3 is 0 Å². The predicted octanol–water partition coefficient (Wildman–Crippen LogP) is 0.912. The standard InChI is InChI=1S/C13H27N3O/c1-10(2)8-11(9-15(3)4)16-7-5-6-12(14)13(16)17/h10-12H,5-9,14H2,1-4H3. The van der Waals surface area contributed by atoms with E-state index in [9.17, 15) is 4.79 Å². The summed E-state index contributed by atoms with van der Waals surface area (Å²) in [5, 5.41) is 0. The highest BCUT2D eigenvalue weighted by atomic mass is 16.2. The van der Waals surface area contributed by atoms with Crippen LogP contribution in [0, 0.1) is 5.92 Å². The summed E-state index contributed by atoms with van der Waals surface area (Å²) in [4.78, 5) is 16.3. The van der Waals surface area contributed by atoms with E-state index in [1.165, 1.54) is 0 Å². The van der Waals surface area contributed by atoms with Crippen molar-refractivity contribution in [2.24, 2.45) is 11.7 Å². The molecule has 2 unspecified atom stereocenters. The van der Waals surface area contributed by atoms with Gasteiger partial charge in [-0.25, -0.2) is 0 Å². The summed E-state index contributed by atoms with van der Waals surface area (Å²) in [6.45, 7) is 6.21. The van der Waals surface area contributed by atoms with Crippen molar-refractivity contribution in [3.8, 4) is 0 Å². The van der Waals surface area contributed by atoms with E-state index in [0.29, 0.717) is 12.0 Å². The van der Waals surface area contributed by atoms with Crippen LogP contribution in [0.15, 0.2) is 0 Å². The van der Waals surface area contributed by atoms with Crippen LogP contribution in [0.25, 0.3) is 0 Å². The third-order valence-electron chi connectivity index (χ3n) is 3.27. The summed E-state index contributed by atoms with van der Waals surface area (Å²) in [7, 11) is 4.11. The Morgan fingerprint density at radius 2 is 2.12 bits per heavy atom. The van der Waals surface area contributed by atoms with Crippen molar-refractivity contribution in [3.05, 3.63) is 0 Å². The van der Waals surface area contributed by atoms with E-state index in [-0.39, 0.29) is 11.9 Å². The fraction of sp³-hybridized carbons (Fsp3) is 0.923. The van der Waals surface area contributed by atoms with E-state index in [0.717, 1.165) is 32.4 Å². The number of likely N-dealkylation sites (tertiary alicyclic amines) is 1. The van der Waals surface area contributed by atoms with Gasteiger partial charge in [-0.15, -0.1) is 0 Å². The normalized spacial score (nSPS) is 23.6. The minimum Gasteiger partial charge on any atom is -0.337 e. The molecule has 1 amide bonds. The lowest BCUT2D eigenvalue weighted by Crippen LogP contribution is -2.55. The molecule has 1 aliphatic rings. The Labute approximate surface area is 105 Å². The minimum absolute atomic E-state index is 0.142. The predicted molar refractivity (Wildman–Crippen MR) is 70.7 cm³/mol. The van der Waals surface area contributed by atoms with Crippen LogP contribution in [0.4, 0.5) is 0 Å². The van der Waals surface area contributed by atoms with Gasteiger partial charge in [0, 0.05) is 19.1 Å². The van der Waals surface area contributed by atoms with Crippen LogP contribution in [-0.4, -0.2) is 55.0 Å². The molecular formula is C13H27N3O. The van der Waals surface area contributed by atoms with Crippen molar-refractivity contribution in [2.75, 3.05) is 27.2 Å². The van der Waals surface area contributed by atoms with Crippen LogP contribution < -0.4 is 5.73 Å². The lowest BCUT2D eigenvalue weighted by Gasteiger charge is -2.39. The van der Waals surface area contributed by atoms with Gasteiger partial charge in [0.05, 0.1) is 6.04 Å². The number of piperidine rings is 1. The molecule has 0 aromatic carbocycles. The topological polar surface area (TPSA) is 49.6 Å². The molecule has 0 aliphatic carbocycles. The number of hydrogen-bond acceptors (Lipinski definition) is 3. The lowest BCUT2D eigenvalue weighted by atomic mass is 9.97. The van der Waals surface area contributed by atoms with Gasteiger partial charge in [-0.05, 0) is 39.3 Å². The quantitative estimate of drug-likeness (QED) is 0.778. The number of nitrogens with zero attached hydrogens (tertiary/aromatic N) is 2. The van der Waals surface area contributed by atoms with Crippen molar-refractivity contribution in [2.45, 2.75) is 45.2 Å². The zero-order valence-corrected chi connectivity index (χ0v) is 11.6. The summed E-state index contributed by atoms with van der Waals surface area (Å²) >= 11 is 0. The Bertz CT molecular complexity index is 243. The second-order valence-electron chi connectivity index (χ2n) is 5.83. The molecule has 1 fully saturated rings. The first kappa shape index (κ1) is 14.5. The highest BCUT2D eigenvalue weighted by Gasteiger charge is 2.31. The minimum atomic E-state index is -0.277. The highest BCUT2D eigenvalue weighted by Crippen LogP contribution is 2.18. The molecule has 1 rings (SSSR count). The van der Waals surface area contributed by atoms with Gasteiger partial charge in [-0.3, -0.25) is 4.79 Å². The van der Waals surface area contributed by atoms with Gasteiger partial charge in [0.15, 0.2) is 0 Å². The maximum Gasteiger partial charge on any atom is 0.239 e. The number of carbonyl (C=O) groups excluding carboxylic acids is 1. The van der Waals surface area contributed by atoms with Crippen molar-refractivity contribution in [1.82, 2.24) is 9.80 Å². The van der Waals surface area contributed by atoms with Crippen molar-refractivity contribution < 1.29 is 4.79 Å². The molecule has 1 heterocycles. The molecule has 0 bridgehead atoms. The lowest BCUT2D eigenvalue weighted by molar-refractivity contribution is -0.138. The number of nitrogens with two attached hydrogens (primary N) is 1. The highest BCUT2D eigenvalue weighted by molar-refractivity contribution is 5.82. The van der Waals surface area contributed by atoms with Crippen molar-refractivity contribution >= 4 is 5.91 Å². The molecule has 1 saturated heterocycles. The Kier molecular flexibility index (Phi) is 5.40. The van der Waals surface area contributed by atoms with E-state index < -0.39 is 0 Å². The van der Waals surface area contributed by atoms with Crippen LogP contribution in [0.2, 0.25) is 0 Å². The van der Waals surface area contributed by atoms with Crippen molar-refractivity contribution in [1.29, 1.82) is 0 Å². The fourth-order valence-corrected chi connectivity index (χ4v) is 2.56. The Morgan fingerprint density at radius 1 is 1.47 bits per heavy atom. The largest absolute Gasteiger partial charge is 0.337 e. The van der Waals surface area contributed by atoms with Gasteiger partial charge in [-0.2, -0.15) is 0 Å². The second kappa shape index (κ2) is 6.36. The summed E-state index contributed by atoms with van der Waals surface area (Å²) in [5.41, 5.74) is 5.86. The smallest absolute Gasteiger partial charge is 0.239 e. The van der Waals surface area contributed by atoms with Crippen LogP contribution in [0.1, 0.15) is 33.1 Å². The average Bonchev–Trinajstić information content (AvgIpc) is 2.19. The molecule has 100 valence electrons. The molecule has 4 nitrogen and oxygen atoms in total. The zero-order chi connectivity index (χ0) is 13.0. The molecule has 2 N–H and O–H groups in total. The summed E-state index contributed by atoms with van der Waals surface area (Å²) in [5.74, 6) is 0.745. The first-order valence-corrected chi connectivity index (χ1v) is 6.62. The van der Waals surface area contributed by atoms with Gasteiger partial charge in [0.2, 0.25) is 5.91 Å². The Hall–Kier alpha value is -0.610. The van der Waals surface area contributed by atoms with Crippen LogP contribution in [-0.2, 0) is 4.79 Å². The summed E-state index contributed by atoms with van der Waals surface area (Å²) < 4.78 is 0. The molecule has 0 aromatic rings. The van der Waals surface area contributed by atoms with Gasteiger partial charge < -0.3 is 15.5 Å². The number of amides is 1. The summed E-state index contributed by atoms with van der Waals surface area (Å²) in [6, 6.07) is 0.0319. The maximum atomic E-state index is 12.1. The van der Waals surface area contributed by atoms with Gasteiger partial charge in [0.25, 0.3) is 0 Å². The van der Waals surface area contributed by atoms with Crippen LogP contribution >= 0.6 is 0 Å². The number of rotatable bonds is 5. The molecule has 0 radical (unpaired) electrons. The van der Waals surface area contributed by atoms with Gasteiger partial charge in [0.1, 0.15) is 0 Å². The monoisotopic (exact) mass is 241 g/mol. The average molecular weight is 241 g/mol. The van der Waals surface area contributed by atoms with Gasteiger partial charge in [-0.1, -0.05) is 13.8 Å². The Morgan fingerprint density at radius 3 is 2.65 bits per heavy atom. The first-order valence-electron chi connectivity index (χ1n) is 6.62. The molecule has 2 atom stereocenters. The third kappa shape index (κ3) is 4.28. The molecular weight excluding hydrogens is 214 g/mol. The molecule has 4 heteroatoms. The molecule has 1 aliphatic heterocycles. The van der Waals surface area contributed by atoms with Crippen LogP contribution in [0.3, 0.4) is 0 Å². The van der Waals surface area contributed by atoms with E-state index in [4.69, 9.17) is 5.73 Å². The second-order valence-corrected chi connectivity index (χ2v) is 5.83. The molecule has 17 heavy (non-hydrogen) atoms. The SMILES string of the molecule is CC(C)CC(CN(C)C)N1CCCC(N)C1=O. The molecule has 0 aromatic heterocycles. The fourth-order valence-electron chi connectivity index (χ4n) is 2.56. The number of hydrogen-bond donors (Lipinski definition) is 1. The van der Waals surface area contributed by atoms with E-state index >= 15 is 0 Å². The van der Waals surface area contributed by atoms with E-state index in [2.05, 4.69) is 32.8 Å². The zero-order valence-electron chi connectivity index (χ0n) is 11.6. The number of likely N-dealkylation sites (N-methyl/N-ethyl adjacent to an activating group) is 1. The molecule has 0 spiro atoms. The van der Waals surface area contributed by atoms with Crippen molar-refractivity contribution in [3.63, 3.8) is 0 Å². The molecule has 0 saturated carbocycles.